The first-order valence-electron chi connectivity index (χ1n) is 8.59. The normalized spacial score (nSPS) is 12.0. The van der Waals surface area contributed by atoms with Gasteiger partial charge in [0.15, 0.2) is 11.0 Å². The fraction of sp³-hybridized carbons (Fsp3) is 0.263. The molecule has 8 heteroatoms. The summed E-state index contributed by atoms with van der Waals surface area (Å²) < 4.78 is 1.99. The van der Waals surface area contributed by atoms with Crippen LogP contribution in [0.25, 0.3) is 11.4 Å². The third kappa shape index (κ3) is 4.87. The predicted molar refractivity (Wildman–Crippen MR) is 108 cm³/mol. The van der Waals surface area contributed by atoms with Gasteiger partial charge in [0, 0.05) is 29.5 Å². The summed E-state index contributed by atoms with van der Waals surface area (Å²) in [7, 11) is 0. The summed E-state index contributed by atoms with van der Waals surface area (Å²) in [4.78, 5) is 16.4. The highest BCUT2D eigenvalue weighted by atomic mass is 35.5. The molecule has 140 valence electrons. The summed E-state index contributed by atoms with van der Waals surface area (Å²) in [6.07, 6.45) is 3.45. The number of carbonyl (C=O) groups excluding carboxylic acids is 1. The van der Waals surface area contributed by atoms with Crippen molar-refractivity contribution in [2.24, 2.45) is 0 Å². The zero-order chi connectivity index (χ0) is 19.2. The van der Waals surface area contributed by atoms with Gasteiger partial charge < -0.3 is 9.88 Å². The number of carbonyl (C=O) groups is 1. The molecule has 0 saturated carbocycles. The molecule has 2 heterocycles. The Hall–Kier alpha value is -2.38. The van der Waals surface area contributed by atoms with E-state index in [1.807, 2.05) is 54.8 Å². The second-order valence-electron chi connectivity index (χ2n) is 5.92. The first-order valence-corrected chi connectivity index (χ1v) is 9.96. The van der Waals surface area contributed by atoms with Crippen molar-refractivity contribution >= 4 is 29.3 Å². The van der Waals surface area contributed by atoms with E-state index in [1.165, 1.54) is 11.8 Å². The van der Waals surface area contributed by atoms with Crippen molar-refractivity contribution in [1.29, 1.82) is 0 Å². The molecule has 2 aromatic heterocycles. The Kier molecular flexibility index (Phi) is 6.47. The van der Waals surface area contributed by atoms with Crippen LogP contribution < -0.4 is 5.32 Å². The van der Waals surface area contributed by atoms with Crippen LogP contribution in [0.3, 0.4) is 0 Å². The highest BCUT2D eigenvalue weighted by Gasteiger charge is 2.16. The predicted octanol–water partition coefficient (Wildman–Crippen LogP) is 3.98. The maximum absolute atomic E-state index is 12.3. The monoisotopic (exact) mass is 401 g/mol. The average molecular weight is 402 g/mol. The largest absolute Gasteiger partial charge is 0.349 e. The number of benzene rings is 1. The van der Waals surface area contributed by atoms with Crippen molar-refractivity contribution in [3.8, 4) is 11.4 Å². The molecule has 0 aliphatic rings. The Labute approximate surface area is 167 Å². The third-order valence-electron chi connectivity index (χ3n) is 4.03. The SMILES string of the molecule is CCn1c(SCC(=O)N[C@H](C)c2cccc(Cl)c2)nnc1-c1ccncc1. The van der Waals surface area contributed by atoms with Gasteiger partial charge in [-0.3, -0.25) is 9.78 Å². The van der Waals surface area contributed by atoms with E-state index in [4.69, 9.17) is 11.6 Å². The molecule has 0 saturated heterocycles. The minimum Gasteiger partial charge on any atom is -0.349 e. The van der Waals surface area contributed by atoms with Gasteiger partial charge in [0.2, 0.25) is 5.91 Å². The number of halogens is 1. The molecular weight excluding hydrogens is 382 g/mol. The van der Waals surface area contributed by atoms with Gasteiger partial charge >= 0.3 is 0 Å². The Balaban J connectivity index is 1.63. The van der Waals surface area contributed by atoms with E-state index < -0.39 is 0 Å². The number of pyridine rings is 1. The van der Waals surface area contributed by atoms with Gasteiger partial charge in [0.05, 0.1) is 11.8 Å². The Bertz CT molecular complexity index is 915. The van der Waals surface area contributed by atoms with Crippen LogP contribution in [0.4, 0.5) is 0 Å². The van der Waals surface area contributed by atoms with E-state index >= 15 is 0 Å². The molecule has 1 atom stereocenters. The summed E-state index contributed by atoms with van der Waals surface area (Å²) >= 11 is 7.39. The van der Waals surface area contributed by atoms with Gasteiger partial charge in [-0.25, -0.2) is 0 Å². The van der Waals surface area contributed by atoms with Gasteiger partial charge in [0.1, 0.15) is 0 Å². The average Bonchev–Trinajstić information content (AvgIpc) is 3.10. The van der Waals surface area contributed by atoms with E-state index in [2.05, 4.69) is 20.5 Å². The summed E-state index contributed by atoms with van der Waals surface area (Å²) in [6.45, 7) is 4.68. The first kappa shape index (κ1) is 19.4. The van der Waals surface area contributed by atoms with Gasteiger partial charge in [-0.05, 0) is 43.7 Å². The quantitative estimate of drug-likeness (QED) is 0.606. The Morgan fingerprint density at radius 1 is 1.26 bits per heavy atom. The van der Waals surface area contributed by atoms with E-state index in [0.717, 1.165) is 22.1 Å². The standard InChI is InChI=1S/C19H20ClN5OS/c1-3-25-18(14-7-9-21-10-8-14)23-24-19(25)27-12-17(26)22-13(2)15-5-4-6-16(20)11-15/h4-11,13H,3,12H2,1-2H3,(H,22,26)/t13-/m1/s1. The summed E-state index contributed by atoms with van der Waals surface area (Å²) in [5.74, 6) is 0.970. The number of hydrogen-bond acceptors (Lipinski definition) is 5. The smallest absolute Gasteiger partial charge is 0.230 e. The van der Waals surface area contributed by atoms with Crippen molar-refractivity contribution in [3.05, 3.63) is 59.4 Å². The lowest BCUT2D eigenvalue weighted by Crippen LogP contribution is -2.28. The van der Waals surface area contributed by atoms with Crippen LogP contribution in [-0.2, 0) is 11.3 Å². The van der Waals surface area contributed by atoms with Crippen molar-refractivity contribution in [3.63, 3.8) is 0 Å². The van der Waals surface area contributed by atoms with Crippen LogP contribution in [0.5, 0.6) is 0 Å². The number of thioether (sulfide) groups is 1. The minimum absolute atomic E-state index is 0.0661. The van der Waals surface area contributed by atoms with Gasteiger partial charge in [-0.15, -0.1) is 10.2 Å². The third-order valence-corrected chi connectivity index (χ3v) is 5.23. The molecule has 1 aromatic carbocycles. The van der Waals surface area contributed by atoms with Crippen LogP contribution in [0.2, 0.25) is 5.02 Å². The minimum atomic E-state index is -0.117. The lowest BCUT2D eigenvalue weighted by molar-refractivity contribution is -0.119. The molecule has 0 unspecified atom stereocenters. The second kappa shape index (κ2) is 9.01. The fourth-order valence-electron chi connectivity index (χ4n) is 2.67. The zero-order valence-corrected chi connectivity index (χ0v) is 16.7. The van der Waals surface area contributed by atoms with Gasteiger partial charge in [-0.2, -0.15) is 0 Å². The zero-order valence-electron chi connectivity index (χ0n) is 15.1. The van der Waals surface area contributed by atoms with Crippen LogP contribution in [-0.4, -0.2) is 31.4 Å². The van der Waals surface area contributed by atoms with Gasteiger partial charge in [-0.1, -0.05) is 35.5 Å². The number of rotatable bonds is 7. The molecule has 0 radical (unpaired) electrons. The highest BCUT2D eigenvalue weighted by molar-refractivity contribution is 7.99. The Morgan fingerprint density at radius 3 is 2.74 bits per heavy atom. The molecule has 1 N–H and O–H groups in total. The number of hydrogen-bond donors (Lipinski definition) is 1. The van der Waals surface area contributed by atoms with E-state index in [9.17, 15) is 4.79 Å². The fourth-order valence-corrected chi connectivity index (χ4v) is 3.68. The van der Waals surface area contributed by atoms with Crippen molar-refractivity contribution in [2.75, 3.05) is 5.75 Å². The van der Waals surface area contributed by atoms with Gasteiger partial charge in [0.25, 0.3) is 0 Å². The van der Waals surface area contributed by atoms with Crippen LogP contribution in [0.1, 0.15) is 25.5 Å². The molecule has 0 aliphatic carbocycles. The molecule has 0 aliphatic heterocycles. The number of nitrogens with zero attached hydrogens (tertiary/aromatic N) is 4. The van der Waals surface area contributed by atoms with Crippen molar-refractivity contribution in [1.82, 2.24) is 25.1 Å². The van der Waals surface area contributed by atoms with Crippen molar-refractivity contribution in [2.45, 2.75) is 31.6 Å². The maximum Gasteiger partial charge on any atom is 0.230 e. The molecule has 3 aromatic rings. The van der Waals surface area contributed by atoms with E-state index in [0.29, 0.717) is 11.6 Å². The van der Waals surface area contributed by atoms with Crippen LogP contribution >= 0.6 is 23.4 Å². The first-order chi connectivity index (χ1) is 13.1. The number of aromatic nitrogens is 4. The summed E-state index contributed by atoms with van der Waals surface area (Å²) in [5, 5.41) is 12.9. The molecule has 27 heavy (non-hydrogen) atoms. The lowest BCUT2D eigenvalue weighted by atomic mass is 10.1. The number of nitrogens with one attached hydrogen (secondary N) is 1. The van der Waals surface area contributed by atoms with Crippen LogP contribution in [0, 0.1) is 0 Å². The molecule has 0 bridgehead atoms. The second-order valence-corrected chi connectivity index (χ2v) is 7.30. The van der Waals surface area contributed by atoms with Crippen LogP contribution in [0.15, 0.2) is 53.9 Å². The molecule has 0 fully saturated rings. The summed E-state index contributed by atoms with van der Waals surface area (Å²) in [6, 6.07) is 11.2. The maximum atomic E-state index is 12.3. The highest BCUT2D eigenvalue weighted by Crippen LogP contribution is 2.24. The Morgan fingerprint density at radius 2 is 2.04 bits per heavy atom. The summed E-state index contributed by atoms with van der Waals surface area (Å²) in [5.41, 5.74) is 1.92. The lowest BCUT2D eigenvalue weighted by Gasteiger charge is -2.14. The van der Waals surface area contributed by atoms with E-state index in [-0.39, 0.29) is 17.7 Å². The topological polar surface area (TPSA) is 72.7 Å². The van der Waals surface area contributed by atoms with Crippen molar-refractivity contribution < 1.29 is 4.79 Å². The molecule has 3 rings (SSSR count). The van der Waals surface area contributed by atoms with E-state index in [1.54, 1.807) is 12.4 Å². The molecule has 1 amide bonds. The molecule has 6 nitrogen and oxygen atoms in total. The molecule has 0 spiro atoms. The number of amides is 1. The molecular formula is C19H20ClN5OS.